The van der Waals surface area contributed by atoms with Gasteiger partial charge in [0.2, 0.25) is 0 Å². The SMILES string of the molecule is CC1C(C)C12C(C)C2N. The first kappa shape index (κ1) is 5.72. The van der Waals surface area contributed by atoms with Crippen molar-refractivity contribution in [2.24, 2.45) is 28.9 Å². The zero-order chi connectivity index (χ0) is 6.81. The largest absolute Gasteiger partial charge is 0.327 e. The Balaban J connectivity index is 2.17. The Kier molecular flexibility index (Phi) is 0.760. The molecule has 2 saturated carbocycles. The second-order valence-corrected chi connectivity index (χ2v) is 3.89. The van der Waals surface area contributed by atoms with Crippen molar-refractivity contribution in [3.05, 3.63) is 0 Å². The van der Waals surface area contributed by atoms with Gasteiger partial charge in [-0.05, 0) is 23.2 Å². The number of rotatable bonds is 0. The van der Waals surface area contributed by atoms with Crippen molar-refractivity contribution in [1.29, 1.82) is 0 Å². The summed E-state index contributed by atoms with van der Waals surface area (Å²) < 4.78 is 0. The van der Waals surface area contributed by atoms with Crippen molar-refractivity contribution < 1.29 is 0 Å². The van der Waals surface area contributed by atoms with Gasteiger partial charge in [0.15, 0.2) is 0 Å². The Labute approximate surface area is 56.6 Å². The molecule has 0 radical (unpaired) electrons. The fraction of sp³-hybridized carbons (Fsp3) is 1.00. The van der Waals surface area contributed by atoms with Crippen LogP contribution in [0.2, 0.25) is 0 Å². The monoisotopic (exact) mass is 125 g/mol. The quantitative estimate of drug-likeness (QED) is 0.518. The van der Waals surface area contributed by atoms with Crippen LogP contribution in [0.25, 0.3) is 0 Å². The summed E-state index contributed by atoms with van der Waals surface area (Å²) in [7, 11) is 0. The van der Waals surface area contributed by atoms with Gasteiger partial charge < -0.3 is 5.73 Å². The number of hydrogen-bond acceptors (Lipinski definition) is 1. The topological polar surface area (TPSA) is 26.0 Å². The Morgan fingerprint density at radius 3 is 1.33 bits per heavy atom. The summed E-state index contributed by atoms with van der Waals surface area (Å²) >= 11 is 0. The smallest absolute Gasteiger partial charge is 0.0136 e. The highest BCUT2D eigenvalue weighted by Crippen LogP contribution is 2.76. The van der Waals surface area contributed by atoms with Gasteiger partial charge >= 0.3 is 0 Å². The normalized spacial score (nSPS) is 70.7. The predicted octanol–water partition coefficient (Wildman–Crippen LogP) is 1.24. The van der Waals surface area contributed by atoms with E-state index in [1.54, 1.807) is 0 Å². The van der Waals surface area contributed by atoms with Crippen molar-refractivity contribution >= 4 is 0 Å². The Morgan fingerprint density at radius 2 is 1.33 bits per heavy atom. The molecule has 1 heteroatoms. The summed E-state index contributed by atoms with van der Waals surface area (Å²) in [5.41, 5.74) is 6.50. The van der Waals surface area contributed by atoms with E-state index in [9.17, 15) is 0 Å². The molecule has 2 aliphatic carbocycles. The summed E-state index contributed by atoms with van der Waals surface area (Å²) in [4.78, 5) is 0. The summed E-state index contributed by atoms with van der Waals surface area (Å²) in [6.07, 6.45) is 0. The minimum atomic E-state index is 0.530. The van der Waals surface area contributed by atoms with E-state index in [1.807, 2.05) is 0 Å². The van der Waals surface area contributed by atoms with E-state index in [2.05, 4.69) is 20.8 Å². The van der Waals surface area contributed by atoms with E-state index >= 15 is 0 Å². The average Bonchev–Trinajstić information content (AvgIpc) is 2.52. The molecule has 4 atom stereocenters. The Morgan fingerprint density at radius 1 is 1.00 bits per heavy atom. The zero-order valence-electron chi connectivity index (χ0n) is 6.39. The molecule has 4 unspecified atom stereocenters. The van der Waals surface area contributed by atoms with E-state index in [4.69, 9.17) is 5.73 Å². The molecular formula is C8H15N. The van der Waals surface area contributed by atoms with Crippen molar-refractivity contribution in [1.82, 2.24) is 0 Å². The number of hydrogen-bond donors (Lipinski definition) is 1. The van der Waals surface area contributed by atoms with Gasteiger partial charge in [-0.2, -0.15) is 0 Å². The van der Waals surface area contributed by atoms with Crippen LogP contribution in [0.15, 0.2) is 0 Å². The zero-order valence-corrected chi connectivity index (χ0v) is 6.39. The third kappa shape index (κ3) is 0.362. The second-order valence-electron chi connectivity index (χ2n) is 3.89. The molecule has 2 fully saturated rings. The molecule has 2 aliphatic rings. The van der Waals surface area contributed by atoms with Crippen molar-refractivity contribution in [3.8, 4) is 0 Å². The van der Waals surface area contributed by atoms with Crippen LogP contribution < -0.4 is 5.73 Å². The van der Waals surface area contributed by atoms with E-state index in [0.717, 1.165) is 17.8 Å². The highest BCUT2D eigenvalue weighted by molar-refractivity contribution is 5.28. The van der Waals surface area contributed by atoms with E-state index in [0.29, 0.717) is 11.5 Å². The molecule has 0 saturated heterocycles. The molecular weight excluding hydrogens is 110 g/mol. The van der Waals surface area contributed by atoms with Crippen LogP contribution >= 0.6 is 0 Å². The first-order valence-corrected chi connectivity index (χ1v) is 3.89. The molecule has 0 amide bonds. The summed E-state index contributed by atoms with van der Waals surface area (Å²) in [6, 6.07) is 0.530. The van der Waals surface area contributed by atoms with Gasteiger partial charge in [0.05, 0.1) is 0 Å². The molecule has 0 bridgehead atoms. The van der Waals surface area contributed by atoms with Gasteiger partial charge in [-0.1, -0.05) is 20.8 Å². The molecule has 1 nitrogen and oxygen atoms in total. The molecule has 2 N–H and O–H groups in total. The molecule has 52 valence electrons. The van der Waals surface area contributed by atoms with Crippen LogP contribution in [-0.2, 0) is 0 Å². The van der Waals surface area contributed by atoms with Gasteiger partial charge in [0.25, 0.3) is 0 Å². The summed E-state index contributed by atoms with van der Waals surface area (Å²) in [5, 5.41) is 0. The van der Waals surface area contributed by atoms with Crippen LogP contribution in [0.4, 0.5) is 0 Å². The predicted molar refractivity (Wildman–Crippen MR) is 37.9 cm³/mol. The third-order valence-corrected chi connectivity index (χ3v) is 4.01. The lowest BCUT2D eigenvalue weighted by molar-refractivity contribution is 0.665. The minimum absolute atomic E-state index is 0.530. The van der Waals surface area contributed by atoms with E-state index < -0.39 is 0 Å². The maximum atomic E-state index is 5.89. The standard InChI is InChI=1S/C8H15N/c1-4-5(2)8(4)6(3)7(8)9/h4-7H,9H2,1-3H3. The van der Waals surface area contributed by atoms with Gasteiger partial charge in [0, 0.05) is 6.04 Å². The van der Waals surface area contributed by atoms with E-state index in [1.165, 1.54) is 0 Å². The van der Waals surface area contributed by atoms with Crippen LogP contribution in [0.5, 0.6) is 0 Å². The Bertz CT molecular complexity index is 115. The van der Waals surface area contributed by atoms with Crippen LogP contribution in [0.1, 0.15) is 20.8 Å². The third-order valence-electron chi connectivity index (χ3n) is 4.01. The molecule has 2 rings (SSSR count). The van der Waals surface area contributed by atoms with Crippen molar-refractivity contribution in [3.63, 3.8) is 0 Å². The van der Waals surface area contributed by atoms with Gasteiger partial charge in [-0.25, -0.2) is 0 Å². The van der Waals surface area contributed by atoms with Crippen LogP contribution in [0.3, 0.4) is 0 Å². The maximum absolute atomic E-state index is 5.89. The lowest BCUT2D eigenvalue weighted by atomic mass is 10.2. The average molecular weight is 125 g/mol. The lowest BCUT2D eigenvalue weighted by Gasteiger charge is -1.82. The number of nitrogens with two attached hydrogens (primary N) is 1. The summed E-state index contributed by atoms with van der Waals surface area (Å²) in [5.74, 6) is 2.62. The molecule has 0 aromatic rings. The minimum Gasteiger partial charge on any atom is -0.327 e. The molecule has 0 aromatic heterocycles. The fourth-order valence-electron chi connectivity index (χ4n) is 2.92. The van der Waals surface area contributed by atoms with E-state index in [-0.39, 0.29) is 0 Å². The molecule has 0 aliphatic heterocycles. The lowest BCUT2D eigenvalue weighted by Crippen LogP contribution is -2.04. The first-order chi connectivity index (χ1) is 4.13. The van der Waals surface area contributed by atoms with Gasteiger partial charge in [0.1, 0.15) is 0 Å². The fourth-order valence-corrected chi connectivity index (χ4v) is 2.92. The van der Waals surface area contributed by atoms with Crippen molar-refractivity contribution in [2.75, 3.05) is 0 Å². The van der Waals surface area contributed by atoms with Gasteiger partial charge in [-0.3, -0.25) is 0 Å². The Hall–Kier alpha value is -0.0400. The highest BCUT2D eigenvalue weighted by Gasteiger charge is 2.77. The van der Waals surface area contributed by atoms with Crippen LogP contribution in [-0.4, -0.2) is 6.04 Å². The molecule has 0 aromatic carbocycles. The molecule has 9 heavy (non-hydrogen) atoms. The summed E-state index contributed by atoms with van der Waals surface area (Å²) in [6.45, 7) is 6.94. The highest BCUT2D eigenvalue weighted by atomic mass is 14.9. The first-order valence-electron chi connectivity index (χ1n) is 3.89. The van der Waals surface area contributed by atoms with Gasteiger partial charge in [-0.15, -0.1) is 0 Å². The maximum Gasteiger partial charge on any atom is 0.0136 e. The van der Waals surface area contributed by atoms with Crippen LogP contribution in [0, 0.1) is 23.2 Å². The molecule has 0 heterocycles. The molecule has 1 spiro atoms. The van der Waals surface area contributed by atoms with Crippen molar-refractivity contribution in [2.45, 2.75) is 26.8 Å². The second kappa shape index (κ2) is 1.20.